The molecule has 0 aliphatic heterocycles. The molecule has 0 aliphatic carbocycles. The number of carboxylic acids is 1. The van der Waals surface area contributed by atoms with Crippen LogP contribution in [-0.4, -0.2) is 23.5 Å². The first-order valence-corrected chi connectivity index (χ1v) is 4.17. The zero-order valence-electron chi connectivity index (χ0n) is 7.78. The zero-order chi connectivity index (χ0) is 10.6. The van der Waals surface area contributed by atoms with Gasteiger partial charge in [0.1, 0.15) is 6.54 Å². The molecule has 0 unspecified atom stereocenters. The number of carbonyl (C=O) groups excluding carboxylic acids is 1. The van der Waals surface area contributed by atoms with Crippen molar-refractivity contribution in [1.82, 2.24) is 5.32 Å². The molecule has 1 aromatic rings. The largest absolute Gasteiger partial charge is 0.480 e. The van der Waals surface area contributed by atoms with Crippen LogP contribution in [0, 0.1) is 6.92 Å². The van der Waals surface area contributed by atoms with E-state index in [1.165, 1.54) is 0 Å². The van der Waals surface area contributed by atoms with Crippen LogP contribution in [0.4, 0.5) is 0 Å². The molecule has 0 aromatic heterocycles. The summed E-state index contributed by atoms with van der Waals surface area (Å²) in [5.74, 6) is -1.41. The topological polar surface area (TPSA) is 66.4 Å². The molecule has 1 aromatic carbocycles. The highest BCUT2D eigenvalue weighted by atomic mass is 16.4. The van der Waals surface area contributed by atoms with Crippen molar-refractivity contribution in [3.8, 4) is 0 Å². The van der Waals surface area contributed by atoms with Crippen molar-refractivity contribution in [3.63, 3.8) is 0 Å². The first-order chi connectivity index (χ1) is 6.61. The third-order valence-corrected chi connectivity index (χ3v) is 1.79. The van der Waals surface area contributed by atoms with Crippen molar-refractivity contribution in [2.75, 3.05) is 6.54 Å². The summed E-state index contributed by atoms with van der Waals surface area (Å²) < 4.78 is 0. The van der Waals surface area contributed by atoms with Gasteiger partial charge in [0.05, 0.1) is 0 Å². The van der Waals surface area contributed by atoms with Crippen molar-refractivity contribution in [1.29, 1.82) is 0 Å². The summed E-state index contributed by atoms with van der Waals surface area (Å²) in [7, 11) is 0. The molecule has 2 N–H and O–H groups in total. The fourth-order valence-corrected chi connectivity index (χ4v) is 1.08. The summed E-state index contributed by atoms with van der Waals surface area (Å²) in [6, 6.07) is 7.02. The Morgan fingerprint density at radius 1 is 1.36 bits per heavy atom. The molecule has 0 heterocycles. The highest BCUT2D eigenvalue weighted by Gasteiger charge is 2.08. The fraction of sp³-hybridized carbons (Fsp3) is 0.200. The van der Waals surface area contributed by atoms with Gasteiger partial charge in [-0.15, -0.1) is 0 Å². The molecule has 14 heavy (non-hydrogen) atoms. The van der Waals surface area contributed by atoms with Gasteiger partial charge in [-0.1, -0.05) is 18.2 Å². The predicted octanol–water partition coefficient (Wildman–Crippen LogP) is 0.809. The molecular formula is C10H11NO3. The second-order valence-electron chi connectivity index (χ2n) is 2.89. The minimum absolute atomic E-state index is 0.354. The number of aryl methyl sites for hydroxylation is 1. The normalized spacial score (nSPS) is 9.50. The van der Waals surface area contributed by atoms with Crippen molar-refractivity contribution in [2.45, 2.75) is 6.92 Å². The first-order valence-electron chi connectivity index (χ1n) is 4.17. The van der Waals surface area contributed by atoms with Crippen molar-refractivity contribution < 1.29 is 14.7 Å². The Morgan fingerprint density at radius 2 is 2.00 bits per heavy atom. The number of rotatable bonds is 3. The molecule has 4 heteroatoms. The van der Waals surface area contributed by atoms with Crippen molar-refractivity contribution >= 4 is 11.9 Å². The van der Waals surface area contributed by atoms with Gasteiger partial charge in [-0.05, 0) is 18.6 Å². The number of carboxylic acid groups (broad SMARTS) is 1. The Balaban J connectivity index is 2.70. The van der Waals surface area contributed by atoms with E-state index in [0.29, 0.717) is 5.56 Å². The van der Waals surface area contributed by atoms with E-state index in [1.54, 1.807) is 25.1 Å². The lowest BCUT2D eigenvalue weighted by Gasteiger charge is -2.04. The van der Waals surface area contributed by atoms with Gasteiger partial charge in [0.15, 0.2) is 0 Å². The van der Waals surface area contributed by atoms with E-state index in [9.17, 15) is 9.59 Å². The standard InChI is InChI=1S/C10H11NO3/c1-7-4-2-3-5-8(7)10(14)11-6-9(12)13/h2-5H,6H2,1H3,(H,11,14)(H,12,13)/i2+1,3+1,4+1,5+1,7+1,8+1. The molecule has 0 fully saturated rings. The van der Waals surface area contributed by atoms with Crippen LogP contribution in [0.5, 0.6) is 0 Å². The number of aliphatic carboxylic acids is 1. The fourth-order valence-electron chi connectivity index (χ4n) is 1.08. The number of hydrogen-bond donors (Lipinski definition) is 2. The van der Waals surface area contributed by atoms with Crippen molar-refractivity contribution in [3.05, 3.63) is 35.4 Å². The van der Waals surface area contributed by atoms with Gasteiger partial charge in [0, 0.05) is 5.56 Å². The zero-order valence-corrected chi connectivity index (χ0v) is 7.78. The van der Waals surface area contributed by atoms with E-state index in [-0.39, 0.29) is 12.5 Å². The van der Waals surface area contributed by atoms with Crippen LogP contribution in [0.15, 0.2) is 24.3 Å². The quantitative estimate of drug-likeness (QED) is 0.756. The number of benzene rings is 1. The molecule has 1 amide bonds. The highest BCUT2D eigenvalue weighted by Crippen LogP contribution is 2.05. The summed E-state index contributed by atoms with van der Waals surface area (Å²) in [5, 5.41) is 10.7. The molecule has 0 bridgehead atoms. The third kappa shape index (κ3) is 2.58. The molecule has 0 saturated heterocycles. The molecule has 1 rings (SSSR count). The second-order valence-corrected chi connectivity index (χ2v) is 2.89. The number of carbonyl (C=O) groups is 2. The molecular weight excluding hydrogens is 188 g/mol. The maximum absolute atomic E-state index is 11.4. The average Bonchev–Trinajstić information content (AvgIpc) is 2.15. The van der Waals surface area contributed by atoms with Gasteiger partial charge in [0.25, 0.3) is 5.91 Å². The van der Waals surface area contributed by atoms with Gasteiger partial charge in [-0.2, -0.15) is 0 Å². The number of amides is 1. The number of nitrogens with one attached hydrogen (secondary N) is 1. The molecule has 0 radical (unpaired) electrons. The van der Waals surface area contributed by atoms with Crippen LogP contribution in [0.3, 0.4) is 0 Å². The maximum atomic E-state index is 11.4. The summed E-state index contributed by atoms with van der Waals surface area (Å²) in [6.07, 6.45) is 0. The third-order valence-electron chi connectivity index (χ3n) is 1.79. The highest BCUT2D eigenvalue weighted by molar-refractivity contribution is 5.96. The monoisotopic (exact) mass is 199 g/mol. The Hall–Kier alpha value is -1.84. The predicted molar refractivity (Wildman–Crippen MR) is 51.1 cm³/mol. The second kappa shape index (κ2) is 4.41. The maximum Gasteiger partial charge on any atom is 0.322 e. The van der Waals surface area contributed by atoms with E-state index in [1.807, 2.05) is 6.07 Å². The SMILES string of the molecule is C[13c]1[13cH][13cH][13cH][13cH][13c]1C(=O)NCC(=O)O. The molecule has 0 saturated carbocycles. The van der Waals surface area contributed by atoms with Gasteiger partial charge in [0.2, 0.25) is 0 Å². The lowest BCUT2D eigenvalue weighted by atomic mass is 10.6. The summed E-state index contributed by atoms with van der Waals surface area (Å²) >= 11 is 0. The van der Waals surface area contributed by atoms with Crippen LogP contribution >= 0.6 is 0 Å². The summed E-state index contributed by atoms with van der Waals surface area (Å²) in [6.45, 7) is 1.45. The van der Waals surface area contributed by atoms with E-state index in [0.717, 1.165) is 5.56 Å². The Labute approximate surface area is 81.6 Å². The van der Waals surface area contributed by atoms with Crippen LogP contribution in [0.2, 0.25) is 0 Å². The summed E-state index contributed by atoms with van der Waals surface area (Å²) in [4.78, 5) is 21.6. The van der Waals surface area contributed by atoms with Gasteiger partial charge >= 0.3 is 5.97 Å². The van der Waals surface area contributed by atoms with E-state index < -0.39 is 5.97 Å². The molecule has 0 spiro atoms. The minimum Gasteiger partial charge on any atom is -0.480 e. The Kier molecular flexibility index (Phi) is 3.23. The molecule has 0 aliphatic rings. The van der Waals surface area contributed by atoms with Crippen LogP contribution in [0.25, 0.3) is 0 Å². The van der Waals surface area contributed by atoms with Gasteiger partial charge in [-0.25, -0.2) is 0 Å². The minimum atomic E-state index is -1.05. The average molecular weight is 199 g/mol. The molecule has 4 nitrogen and oxygen atoms in total. The van der Waals surface area contributed by atoms with Crippen molar-refractivity contribution in [2.24, 2.45) is 0 Å². The van der Waals surface area contributed by atoms with Crippen LogP contribution in [-0.2, 0) is 4.79 Å². The Bertz CT molecular complexity index is 360. The van der Waals surface area contributed by atoms with E-state index >= 15 is 0 Å². The lowest BCUT2D eigenvalue weighted by Crippen LogP contribution is -2.29. The molecule has 0 atom stereocenters. The van der Waals surface area contributed by atoms with Crippen LogP contribution < -0.4 is 5.32 Å². The lowest BCUT2D eigenvalue weighted by molar-refractivity contribution is -0.135. The summed E-state index contributed by atoms with van der Waals surface area (Å²) in [5.41, 5.74) is 1.34. The Morgan fingerprint density at radius 3 is 2.57 bits per heavy atom. The molecule has 74 valence electrons. The van der Waals surface area contributed by atoms with Gasteiger partial charge in [-0.3, -0.25) is 9.59 Å². The van der Waals surface area contributed by atoms with Crippen LogP contribution in [0.1, 0.15) is 15.9 Å². The smallest absolute Gasteiger partial charge is 0.322 e. The number of hydrogen-bond acceptors (Lipinski definition) is 2. The van der Waals surface area contributed by atoms with E-state index in [2.05, 4.69) is 5.32 Å². The van der Waals surface area contributed by atoms with Gasteiger partial charge < -0.3 is 10.4 Å². The van der Waals surface area contributed by atoms with E-state index in [4.69, 9.17) is 5.11 Å². The first kappa shape index (κ1) is 10.2.